The highest BCUT2D eigenvalue weighted by Crippen LogP contribution is 2.47. The SMILES string of the molecule is O=C1c2ccccc2[C@H]2[C@@H]1CC(=O)N2Cc1ccccc1. The van der Waals surface area contributed by atoms with Gasteiger partial charge in [-0.05, 0) is 11.1 Å². The molecule has 0 saturated carbocycles. The number of fused-ring (bicyclic) bond motifs is 3. The predicted molar refractivity (Wildman–Crippen MR) is 78.6 cm³/mol. The van der Waals surface area contributed by atoms with Gasteiger partial charge in [-0.15, -0.1) is 0 Å². The molecule has 1 saturated heterocycles. The fraction of sp³-hybridized carbons (Fsp3) is 0.222. The van der Waals surface area contributed by atoms with Crippen LogP contribution in [0.1, 0.15) is 33.9 Å². The second kappa shape index (κ2) is 4.55. The number of benzene rings is 2. The fourth-order valence-corrected chi connectivity index (χ4v) is 3.56. The lowest BCUT2D eigenvalue weighted by Crippen LogP contribution is -2.27. The number of carbonyl (C=O) groups excluding carboxylic acids is 2. The lowest BCUT2D eigenvalue weighted by atomic mass is 10.0. The van der Waals surface area contributed by atoms with E-state index in [4.69, 9.17) is 0 Å². The van der Waals surface area contributed by atoms with E-state index in [9.17, 15) is 9.59 Å². The molecule has 2 aliphatic rings. The molecule has 1 heterocycles. The Hall–Kier alpha value is -2.42. The maximum Gasteiger partial charge on any atom is 0.224 e. The van der Waals surface area contributed by atoms with Gasteiger partial charge < -0.3 is 4.90 Å². The number of nitrogens with zero attached hydrogens (tertiary/aromatic N) is 1. The van der Waals surface area contributed by atoms with Gasteiger partial charge in [0.1, 0.15) is 0 Å². The van der Waals surface area contributed by atoms with Gasteiger partial charge in [-0.2, -0.15) is 0 Å². The van der Waals surface area contributed by atoms with Crippen LogP contribution in [0.4, 0.5) is 0 Å². The Kier molecular flexibility index (Phi) is 2.67. The van der Waals surface area contributed by atoms with Gasteiger partial charge in [0.25, 0.3) is 0 Å². The predicted octanol–water partition coefficient (Wildman–Crippen LogP) is 2.97. The van der Waals surface area contributed by atoms with Gasteiger partial charge in [-0.3, -0.25) is 9.59 Å². The summed E-state index contributed by atoms with van der Waals surface area (Å²) < 4.78 is 0. The Balaban J connectivity index is 1.73. The summed E-state index contributed by atoms with van der Waals surface area (Å²) in [6.45, 7) is 0.572. The van der Waals surface area contributed by atoms with Crippen LogP contribution in [0, 0.1) is 5.92 Å². The third-order valence-corrected chi connectivity index (χ3v) is 4.51. The van der Waals surface area contributed by atoms with E-state index >= 15 is 0 Å². The van der Waals surface area contributed by atoms with E-state index in [1.54, 1.807) is 0 Å². The molecular weight excluding hydrogens is 262 g/mol. The molecule has 1 aliphatic carbocycles. The van der Waals surface area contributed by atoms with Crippen molar-refractivity contribution in [1.29, 1.82) is 0 Å². The highest BCUT2D eigenvalue weighted by molar-refractivity contribution is 6.06. The van der Waals surface area contributed by atoms with E-state index in [1.165, 1.54) is 0 Å². The third-order valence-electron chi connectivity index (χ3n) is 4.51. The number of hydrogen-bond donors (Lipinski definition) is 0. The van der Waals surface area contributed by atoms with Crippen molar-refractivity contribution >= 4 is 11.7 Å². The average Bonchev–Trinajstić information content (AvgIpc) is 2.98. The number of Topliss-reactive ketones (excluding diaryl/α,β-unsaturated/α-hetero) is 1. The van der Waals surface area contributed by atoms with Crippen LogP contribution in [-0.2, 0) is 11.3 Å². The van der Waals surface area contributed by atoms with Gasteiger partial charge in [0.05, 0.1) is 12.0 Å². The molecule has 104 valence electrons. The molecule has 3 nitrogen and oxygen atoms in total. The van der Waals surface area contributed by atoms with Crippen molar-refractivity contribution in [2.75, 3.05) is 0 Å². The van der Waals surface area contributed by atoms with Crippen LogP contribution in [0.15, 0.2) is 54.6 Å². The van der Waals surface area contributed by atoms with E-state index in [2.05, 4.69) is 0 Å². The van der Waals surface area contributed by atoms with Crippen LogP contribution in [-0.4, -0.2) is 16.6 Å². The van der Waals surface area contributed by atoms with Gasteiger partial charge in [0.15, 0.2) is 5.78 Å². The van der Waals surface area contributed by atoms with Gasteiger partial charge in [-0.1, -0.05) is 54.6 Å². The quantitative estimate of drug-likeness (QED) is 0.846. The molecule has 0 spiro atoms. The Morgan fingerprint density at radius 3 is 2.48 bits per heavy atom. The minimum atomic E-state index is -0.196. The van der Waals surface area contributed by atoms with Crippen molar-refractivity contribution in [2.45, 2.75) is 19.0 Å². The van der Waals surface area contributed by atoms with Crippen molar-refractivity contribution < 1.29 is 9.59 Å². The second-order valence-electron chi connectivity index (χ2n) is 5.71. The summed E-state index contributed by atoms with van der Waals surface area (Å²) in [5.74, 6) is 0.00910. The van der Waals surface area contributed by atoms with E-state index in [1.807, 2.05) is 59.5 Å². The smallest absolute Gasteiger partial charge is 0.224 e. The molecule has 1 amide bonds. The van der Waals surface area contributed by atoms with Gasteiger partial charge >= 0.3 is 0 Å². The Morgan fingerprint density at radius 1 is 0.952 bits per heavy atom. The standard InChI is InChI=1S/C18H15NO2/c20-16-10-15-17(13-8-4-5-9-14(13)18(15)21)19(16)11-12-6-2-1-3-7-12/h1-9,15,17H,10-11H2/t15-,17-/m0/s1. The second-order valence-corrected chi connectivity index (χ2v) is 5.71. The van der Waals surface area contributed by atoms with Crippen molar-refractivity contribution in [3.63, 3.8) is 0 Å². The molecule has 3 heteroatoms. The van der Waals surface area contributed by atoms with E-state index in [-0.39, 0.29) is 23.7 Å². The third kappa shape index (κ3) is 1.81. The number of hydrogen-bond acceptors (Lipinski definition) is 2. The monoisotopic (exact) mass is 277 g/mol. The van der Waals surface area contributed by atoms with Gasteiger partial charge in [0, 0.05) is 18.5 Å². The minimum Gasteiger partial charge on any atom is -0.331 e. The summed E-state index contributed by atoms with van der Waals surface area (Å²) in [7, 11) is 0. The molecule has 0 bridgehead atoms. The lowest BCUT2D eigenvalue weighted by Gasteiger charge is -2.24. The highest BCUT2D eigenvalue weighted by atomic mass is 16.2. The zero-order valence-electron chi connectivity index (χ0n) is 11.5. The van der Waals surface area contributed by atoms with E-state index in [0.717, 1.165) is 16.7 Å². The minimum absolute atomic E-state index is 0.0803. The Labute approximate surface area is 123 Å². The molecule has 1 fully saturated rings. The first kappa shape index (κ1) is 12.3. The summed E-state index contributed by atoms with van der Waals surface area (Å²) in [4.78, 5) is 26.6. The molecule has 0 aromatic heterocycles. The molecule has 2 aromatic rings. The summed E-state index contributed by atoms with van der Waals surface area (Å²) in [6.07, 6.45) is 0.338. The Morgan fingerprint density at radius 2 is 1.67 bits per heavy atom. The van der Waals surface area contributed by atoms with Crippen molar-refractivity contribution in [1.82, 2.24) is 4.90 Å². The lowest BCUT2D eigenvalue weighted by molar-refractivity contribution is -0.129. The maximum atomic E-state index is 12.4. The summed E-state index contributed by atoms with van der Waals surface area (Å²) in [5, 5.41) is 0. The molecule has 4 rings (SSSR count). The van der Waals surface area contributed by atoms with Crippen LogP contribution in [0.2, 0.25) is 0 Å². The number of likely N-dealkylation sites (tertiary alicyclic amines) is 1. The largest absolute Gasteiger partial charge is 0.331 e. The summed E-state index contributed by atoms with van der Waals surface area (Å²) in [5.41, 5.74) is 2.90. The van der Waals surface area contributed by atoms with Gasteiger partial charge in [0.2, 0.25) is 5.91 Å². The van der Waals surface area contributed by atoms with E-state index in [0.29, 0.717) is 13.0 Å². The first-order chi connectivity index (χ1) is 10.3. The fourth-order valence-electron chi connectivity index (χ4n) is 3.56. The zero-order chi connectivity index (χ0) is 14.4. The molecular formula is C18H15NO2. The molecule has 0 N–H and O–H groups in total. The molecule has 21 heavy (non-hydrogen) atoms. The molecule has 2 aromatic carbocycles. The summed E-state index contributed by atoms with van der Waals surface area (Å²) >= 11 is 0. The highest BCUT2D eigenvalue weighted by Gasteiger charge is 2.50. The van der Waals surface area contributed by atoms with E-state index < -0.39 is 0 Å². The number of amides is 1. The molecule has 0 unspecified atom stereocenters. The normalized spacial score (nSPS) is 23.3. The molecule has 1 aliphatic heterocycles. The van der Waals surface area contributed by atoms with Crippen LogP contribution >= 0.6 is 0 Å². The van der Waals surface area contributed by atoms with Crippen LogP contribution in [0.3, 0.4) is 0 Å². The number of ketones is 1. The van der Waals surface area contributed by atoms with Crippen molar-refractivity contribution in [3.05, 3.63) is 71.3 Å². The van der Waals surface area contributed by atoms with Crippen LogP contribution in [0.5, 0.6) is 0 Å². The van der Waals surface area contributed by atoms with Crippen LogP contribution < -0.4 is 0 Å². The molecule has 2 atom stereocenters. The topological polar surface area (TPSA) is 37.4 Å². The van der Waals surface area contributed by atoms with Crippen molar-refractivity contribution in [2.24, 2.45) is 5.92 Å². The average molecular weight is 277 g/mol. The Bertz CT molecular complexity index is 723. The van der Waals surface area contributed by atoms with Gasteiger partial charge in [-0.25, -0.2) is 0 Å². The number of rotatable bonds is 2. The van der Waals surface area contributed by atoms with Crippen LogP contribution in [0.25, 0.3) is 0 Å². The summed E-state index contributed by atoms with van der Waals surface area (Å²) in [6, 6.07) is 17.6. The zero-order valence-corrected chi connectivity index (χ0v) is 11.5. The number of carbonyl (C=O) groups is 2. The maximum absolute atomic E-state index is 12.4. The first-order valence-electron chi connectivity index (χ1n) is 7.22. The first-order valence-corrected chi connectivity index (χ1v) is 7.22. The van der Waals surface area contributed by atoms with Crippen molar-refractivity contribution in [3.8, 4) is 0 Å². The molecule has 0 radical (unpaired) electrons.